The van der Waals surface area contributed by atoms with E-state index >= 15 is 0 Å². The normalized spacial score (nSPS) is 16.4. The SMILES string of the molecule is COC(=O)c1cc2c(cc1OC)CNS2(=O)=O. The molecular weight excluding hydrogens is 246 g/mol. The molecule has 0 amide bonds. The first-order valence-electron chi connectivity index (χ1n) is 4.78. The van der Waals surface area contributed by atoms with Gasteiger partial charge in [-0.2, -0.15) is 0 Å². The predicted octanol–water partition coefficient (Wildman–Crippen LogP) is 0.274. The molecule has 6 nitrogen and oxygen atoms in total. The van der Waals surface area contributed by atoms with E-state index in [0.717, 1.165) is 0 Å². The minimum atomic E-state index is -3.51. The number of hydrogen-bond acceptors (Lipinski definition) is 5. The molecule has 0 aliphatic carbocycles. The Bertz CT molecular complexity index is 579. The van der Waals surface area contributed by atoms with Crippen LogP contribution >= 0.6 is 0 Å². The first-order valence-corrected chi connectivity index (χ1v) is 6.27. The number of hydrogen-bond donors (Lipinski definition) is 1. The molecule has 1 aromatic carbocycles. The van der Waals surface area contributed by atoms with Crippen LogP contribution in [-0.4, -0.2) is 28.6 Å². The van der Waals surface area contributed by atoms with Gasteiger partial charge in [0.2, 0.25) is 10.0 Å². The Morgan fingerprint density at radius 2 is 2.06 bits per heavy atom. The van der Waals surface area contributed by atoms with Crippen molar-refractivity contribution >= 4 is 16.0 Å². The molecule has 1 heterocycles. The van der Waals surface area contributed by atoms with E-state index in [2.05, 4.69) is 9.46 Å². The summed E-state index contributed by atoms with van der Waals surface area (Å²) in [5.41, 5.74) is 0.676. The molecule has 0 fully saturated rings. The molecule has 92 valence electrons. The monoisotopic (exact) mass is 257 g/mol. The van der Waals surface area contributed by atoms with Gasteiger partial charge in [0.15, 0.2) is 0 Å². The molecule has 1 aliphatic heterocycles. The highest BCUT2D eigenvalue weighted by molar-refractivity contribution is 7.89. The van der Waals surface area contributed by atoms with Crippen molar-refractivity contribution in [3.05, 3.63) is 23.3 Å². The number of fused-ring (bicyclic) bond motifs is 1. The molecule has 0 saturated heterocycles. The number of ether oxygens (including phenoxy) is 2. The van der Waals surface area contributed by atoms with Crippen LogP contribution in [0.5, 0.6) is 5.75 Å². The van der Waals surface area contributed by atoms with Crippen LogP contribution < -0.4 is 9.46 Å². The van der Waals surface area contributed by atoms with Crippen molar-refractivity contribution in [2.45, 2.75) is 11.4 Å². The highest BCUT2D eigenvalue weighted by atomic mass is 32.2. The molecule has 0 radical (unpaired) electrons. The molecule has 7 heteroatoms. The number of sulfonamides is 1. The van der Waals surface area contributed by atoms with E-state index < -0.39 is 16.0 Å². The van der Waals surface area contributed by atoms with Gasteiger partial charge in [-0.1, -0.05) is 0 Å². The second-order valence-corrected chi connectivity index (χ2v) is 5.21. The van der Waals surface area contributed by atoms with Gasteiger partial charge >= 0.3 is 5.97 Å². The van der Waals surface area contributed by atoms with Crippen molar-refractivity contribution in [1.82, 2.24) is 4.72 Å². The summed E-state index contributed by atoms with van der Waals surface area (Å²) < 4.78 is 35.2. The Balaban J connectivity index is 2.66. The summed E-state index contributed by atoms with van der Waals surface area (Å²) in [5.74, 6) is -0.332. The maximum atomic E-state index is 11.6. The summed E-state index contributed by atoms with van der Waals surface area (Å²) in [6.07, 6.45) is 0. The maximum Gasteiger partial charge on any atom is 0.341 e. The van der Waals surface area contributed by atoms with E-state index in [1.54, 1.807) is 0 Å². The molecule has 2 rings (SSSR count). The Kier molecular flexibility index (Phi) is 2.80. The lowest BCUT2D eigenvalue weighted by molar-refractivity contribution is 0.0597. The molecule has 1 N–H and O–H groups in total. The van der Waals surface area contributed by atoms with Crippen LogP contribution in [0.25, 0.3) is 0 Å². The highest BCUT2D eigenvalue weighted by Crippen LogP contribution is 2.30. The smallest absolute Gasteiger partial charge is 0.341 e. The molecule has 0 saturated carbocycles. The van der Waals surface area contributed by atoms with Gasteiger partial charge in [0.25, 0.3) is 0 Å². The lowest BCUT2D eigenvalue weighted by atomic mass is 10.1. The summed E-state index contributed by atoms with van der Waals surface area (Å²) in [4.78, 5) is 11.6. The number of carbonyl (C=O) groups is 1. The number of carbonyl (C=O) groups excluding carboxylic acids is 1. The number of esters is 1. The lowest BCUT2D eigenvalue weighted by Gasteiger charge is -2.08. The van der Waals surface area contributed by atoms with Gasteiger partial charge in [-0.25, -0.2) is 17.9 Å². The molecule has 1 aromatic rings. The third kappa shape index (κ3) is 1.87. The van der Waals surface area contributed by atoms with Gasteiger partial charge in [-0.3, -0.25) is 0 Å². The summed E-state index contributed by atoms with van der Waals surface area (Å²) >= 11 is 0. The molecule has 1 aliphatic rings. The van der Waals surface area contributed by atoms with Gasteiger partial charge in [0.1, 0.15) is 11.3 Å². The predicted molar refractivity (Wildman–Crippen MR) is 58.4 cm³/mol. The van der Waals surface area contributed by atoms with E-state index in [1.807, 2.05) is 0 Å². The zero-order valence-corrected chi connectivity index (χ0v) is 10.1. The third-order valence-electron chi connectivity index (χ3n) is 2.53. The highest BCUT2D eigenvalue weighted by Gasteiger charge is 2.29. The standard InChI is InChI=1S/C10H11NO5S/c1-15-8-3-6-5-11-17(13,14)9(6)4-7(8)10(12)16-2/h3-4,11H,5H2,1-2H3. The van der Waals surface area contributed by atoms with Crippen LogP contribution in [0.4, 0.5) is 0 Å². The van der Waals surface area contributed by atoms with E-state index in [0.29, 0.717) is 11.3 Å². The van der Waals surface area contributed by atoms with Crippen molar-refractivity contribution in [2.75, 3.05) is 14.2 Å². The lowest BCUT2D eigenvalue weighted by Crippen LogP contribution is -2.14. The minimum Gasteiger partial charge on any atom is -0.496 e. The number of rotatable bonds is 2. The van der Waals surface area contributed by atoms with Gasteiger partial charge in [-0.15, -0.1) is 0 Å². The molecule has 0 bridgehead atoms. The van der Waals surface area contributed by atoms with Gasteiger partial charge in [-0.05, 0) is 17.7 Å². The molecule has 0 aromatic heterocycles. The summed E-state index contributed by atoms with van der Waals surface area (Å²) in [6, 6.07) is 2.80. The first-order chi connectivity index (χ1) is 7.99. The van der Waals surface area contributed by atoms with E-state index in [4.69, 9.17) is 4.74 Å². The second kappa shape index (κ2) is 4.01. The van der Waals surface area contributed by atoms with Gasteiger partial charge in [0, 0.05) is 6.54 Å². The Morgan fingerprint density at radius 1 is 1.35 bits per heavy atom. The zero-order chi connectivity index (χ0) is 12.6. The van der Waals surface area contributed by atoms with Crippen LogP contribution in [-0.2, 0) is 21.3 Å². The minimum absolute atomic E-state index is 0.0960. The summed E-state index contributed by atoms with van der Waals surface area (Å²) in [7, 11) is -0.876. The summed E-state index contributed by atoms with van der Waals surface area (Å²) in [5, 5.41) is 0. The van der Waals surface area contributed by atoms with E-state index in [9.17, 15) is 13.2 Å². The first kappa shape index (κ1) is 11.9. The Labute approximate surface area is 98.6 Å². The number of nitrogens with one attached hydrogen (secondary N) is 1. The largest absolute Gasteiger partial charge is 0.496 e. The number of benzene rings is 1. The average molecular weight is 257 g/mol. The van der Waals surface area contributed by atoms with Crippen LogP contribution in [0.15, 0.2) is 17.0 Å². The fourth-order valence-corrected chi connectivity index (χ4v) is 2.93. The van der Waals surface area contributed by atoms with Crippen molar-refractivity contribution in [1.29, 1.82) is 0 Å². The maximum absolute atomic E-state index is 11.6. The van der Waals surface area contributed by atoms with Gasteiger partial charge < -0.3 is 9.47 Å². The summed E-state index contributed by atoms with van der Waals surface area (Å²) in [6.45, 7) is 0.204. The van der Waals surface area contributed by atoms with Crippen LogP contribution in [0.3, 0.4) is 0 Å². The average Bonchev–Trinajstić information content (AvgIpc) is 2.62. The van der Waals surface area contributed by atoms with Crippen molar-refractivity contribution in [3.8, 4) is 5.75 Å². The Hall–Kier alpha value is -1.60. The van der Waals surface area contributed by atoms with Crippen molar-refractivity contribution in [3.63, 3.8) is 0 Å². The van der Waals surface area contributed by atoms with Crippen LogP contribution in [0.2, 0.25) is 0 Å². The molecule has 0 spiro atoms. The topological polar surface area (TPSA) is 81.7 Å². The Morgan fingerprint density at radius 3 is 2.65 bits per heavy atom. The fourth-order valence-electron chi connectivity index (χ4n) is 1.68. The number of methoxy groups -OCH3 is 2. The van der Waals surface area contributed by atoms with Crippen LogP contribution in [0, 0.1) is 0 Å². The molecular formula is C10H11NO5S. The van der Waals surface area contributed by atoms with Crippen molar-refractivity contribution in [2.24, 2.45) is 0 Å². The third-order valence-corrected chi connectivity index (χ3v) is 4.01. The van der Waals surface area contributed by atoms with E-state index in [-0.39, 0.29) is 17.0 Å². The zero-order valence-electron chi connectivity index (χ0n) is 9.31. The quantitative estimate of drug-likeness (QED) is 0.769. The second-order valence-electron chi connectivity index (χ2n) is 3.48. The molecule has 0 unspecified atom stereocenters. The van der Waals surface area contributed by atoms with Crippen molar-refractivity contribution < 1.29 is 22.7 Å². The molecule has 0 atom stereocenters. The molecule has 17 heavy (non-hydrogen) atoms. The van der Waals surface area contributed by atoms with Crippen LogP contribution in [0.1, 0.15) is 15.9 Å². The van der Waals surface area contributed by atoms with E-state index in [1.165, 1.54) is 26.4 Å². The fraction of sp³-hybridized carbons (Fsp3) is 0.300. The van der Waals surface area contributed by atoms with Gasteiger partial charge in [0.05, 0.1) is 19.1 Å².